The number of amides is 1. The summed E-state index contributed by atoms with van der Waals surface area (Å²) in [7, 11) is 0. The molecule has 0 bridgehead atoms. The van der Waals surface area contributed by atoms with Crippen molar-refractivity contribution in [3.63, 3.8) is 0 Å². The zero-order valence-corrected chi connectivity index (χ0v) is 14.8. The Labute approximate surface area is 145 Å². The Morgan fingerprint density at radius 2 is 2.16 bits per heavy atom. The number of aryl methyl sites for hydroxylation is 1. The monoisotopic (exact) mass is 340 g/mol. The summed E-state index contributed by atoms with van der Waals surface area (Å²) in [4.78, 5) is 30.1. The average Bonchev–Trinajstić information content (AvgIpc) is 2.55. The van der Waals surface area contributed by atoms with Gasteiger partial charge in [0.15, 0.2) is 0 Å². The maximum atomic E-state index is 13.0. The van der Waals surface area contributed by atoms with Gasteiger partial charge >= 0.3 is 0 Å². The number of nitrogens with one attached hydrogen (secondary N) is 1. The van der Waals surface area contributed by atoms with Crippen LogP contribution in [-0.2, 0) is 0 Å². The number of fused-ring (bicyclic) bond motifs is 2. The molecule has 0 aliphatic heterocycles. The Balaban J connectivity index is 2.51. The van der Waals surface area contributed by atoms with Gasteiger partial charge < -0.3 is 11.1 Å². The van der Waals surface area contributed by atoms with Crippen molar-refractivity contribution in [2.24, 2.45) is 0 Å². The number of nitrogens with zero attached hydrogens (tertiary/aromatic N) is 3. The number of carbonyl (C=O) groups excluding carboxylic acids is 1. The summed E-state index contributed by atoms with van der Waals surface area (Å²) in [6.45, 7) is 8.10. The number of hydrogen-bond acceptors (Lipinski definition) is 4. The first-order chi connectivity index (χ1) is 11.9. The molecular formula is C18H22N5O2+. The van der Waals surface area contributed by atoms with Gasteiger partial charge in [0, 0.05) is 18.3 Å². The highest BCUT2D eigenvalue weighted by atomic mass is 16.1. The molecule has 0 aliphatic rings. The third kappa shape index (κ3) is 2.61. The summed E-state index contributed by atoms with van der Waals surface area (Å²) in [5.41, 5.74) is 8.30. The number of rotatable bonds is 3. The molecule has 130 valence electrons. The molecular weight excluding hydrogens is 318 g/mol. The topological polar surface area (TPSA) is 93.4 Å². The van der Waals surface area contributed by atoms with E-state index in [1.165, 1.54) is 4.40 Å². The number of nitrogens with two attached hydrogens (primary N) is 1. The van der Waals surface area contributed by atoms with Crippen molar-refractivity contribution in [2.75, 3.05) is 12.3 Å². The largest absolute Gasteiger partial charge is 0.352 e. The van der Waals surface area contributed by atoms with E-state index < -0.39 is 0 Å². The van der Waals surface area contributed by atoms with Crippen LogP contribution in [0.25, 0.3) is 16.7 Å². The van der Waals surface area contributed by atoms with Crippen LogP contribution in [0, 0.1) is 6.92 Å². The molecule has 0 aliphatic carbocycles. The smallest absolute Gasteiger partial charge is 0.278 e. The molecule has 3 rings (SSSR count). The van der Waals surface area contributed by atoms with Crippen LogP contribution in [0.15, 0.2) is 29.2 Å². The SMILES string of the molecule is CCNC(=O)c1cc2c(=O)n3cccc(C)c3nc2[n+](C(C)C)c1N. The molecule has 0 radical (unpaired) electrons. The molecule has 0 fully saturated rings. The Hall–Kier alpha value is -2.96. The van der Waals surface area contributed by atoms with Crippen molar-refractivity contribution in [3.8, 4) is 0 Å². The molecule has 3 N–H and O–H groups in total. The van der Waals surface area contributed by atoms with E-state index in [4.69, 9.17) is 5.73 Å². The Morgan fingerprint density at radius 1 is 1.44 bits per heavy atom. The van der Waals surface area contributed by atoms with Gasteiger partial charge in [0.05, 0.1) is 6.04 Å². The van der Waals surface area contributed by atoms with Gasteiger partial charge in [-0.3, -0.25) is 14.0 Å². The highest BCUT2D eigenvalue weighted by Crippen LogP contribution is 2.17. The number of carbonyl (C=O) groups is 1. The van der Waals surface area contributed by atoms with Crippen LogP contribution in [0.1, 0.15) is 42.7 Å². The van der Waals surface area contributed by atoms with E-state index >= 15 is 0 Å². The lowest BCUT2D eigenvalue weighted by atomic mass is 10.1. The number of hydrogen-bond donors (Lipinski definition) is 2. The molecule has 0 unspecified atom stereocenters. The quantitative estimate of drug-likeness (QED) is 0.556. The van der Waals surface area contributed by atoms with Gasteiger partial charge in [-0.15, -0.1) is 0 Å². The van der Waals surface area contributed by atoms with Crippen LogP contribution in [0.4, 0.5) is 5.82 Å². The van der Waals surface area contributed by atoms with E-state index in [0.29, 0.717) is 29.0 Å². The molecule has 3 aromatic rings. The summed E-state index contributed by atoms with van der Waals surface area (Å²) in [6, 6.07) is 5.18. The Bertz CT molecular complexity index is 1050. The first-order valence-corrected chi connectivity index (χ1v) is 8.30. The van der Waals surface area contributed by atoms with Crippen molar-refractivity contribution in [3.05, 3.63) is 45.9 Å². The fraction of sp³-hybridized carbons (Fsp3) is 0.333. The van der Waals surface area contributed by atoms with Gasteiger partial charge in [-0.05, 0) is 39.8 Å². The van der Waals surface area contributed by atoms with Crippen molar-refractivity contribution in [2.45, 2.75) is 33.7 Å². The van der Waals surface area contributed by atoms with Gasteiger partial charge in [0.2, 0.25) is 11.5 Å². The Kier molecular flexibility index (Phi) is 4.16. The van der Waals surface area contributed by atoms with Crippen molar-refractivity contribution in [1.82, 2.24) is 14.7 Å². The van der Waals surface area contributed by atoms with E-state index in [9.17, 15) is 9.59 Å². The molecule has 7 heteroatoms. The lowest BCUT2D eigenvalue weighted by Crippen LogP contribution is -2.44. The van der Waals surface area contributed by atoms with Gasteiger partial charge in [0.25, 0.3) is 17.1 Å². The normalized spacial score (nSPS) is 11.4. The van der Waals surface area contributed by atoms with Crippen LogP contribution in [0.2, 0.25) is 0 Å². The molecule has 0 saturated heterocycles. The summed E-state index contributed by atoms with van der Waals surface area (Å²) < 4.78 is 3.24. The number of aromatic nitrogens is 3. The van der Waals surface area contributed by atoms with Gasteiger partial charge in [0.1, 0.15) is 10.9 Å². The molecule has 1 amide bonds. The molecule has 25 heavy (non-hydrogen) atoms. The summed E-state index contributed by atoms with van der Waals surface area (Å²) >= 11 is 0. The van der Waals surface area contributed by atoms with Crippen LogP contribution in [0.5, 0.6) is 0 Å². The number of anilines is 1. The van der Waals surface area contributed by atoms with Crippen LogP contribution < -0.4 is 21.2 Å². The highest BCUT2D eigenvalue weighted by molar-refractivity contribution is 6.00. The minimum absolute atomic E-state index is 0.0600. The van der Waals surface area contributed by atoms with Gasteiger partial charge in [-0.2, -0.15) is 0 Å². The first kappa shape index (κ1) is 16.9. The van der Waals surface area contributed by atoms with Gasteiger partial charge in [-0.25, -0.2) is 4.57 Å². The van der Waals surface area contributed by atoms with E-state index in [0.717, 1.165) is 5.56 Å². The molecule has 0 spiro atoms. The van der Waals surface area contributed by atoms with Gasteiger partial charge in [-0.1, -0.05) is 11.1 Å². The van der Waals surface area contributed by atoms with E-state index in [-0.39, 0.29) is 23.1 Å². The van der Waals surface area contributed by atoms with Crippen molar-refractivity contribution in [1.29, 1.82) is 0 Å². The predicted molar refractivity (Wildman–Crippen MR) is 96.7 cm³/mol. The number of pyridine rings is 2. The third-order valence-corrected chi connectivity index (χ3v) is 4.21. The van der Waals surface area contributed by atoms with E-state index in [2.05, 4.69) is 10.3 Å². The van der Waals surface area contributed by atoms with Crippen LogP contribution >= 0.6 is 0 Å². The second-order valence-corrected chi connectivity index (χ2v) is 6.31. The molecule has 7 nitrogen and oxygen atoms in total. The second-order valence-electron chi connectivity index (χ2n) is 6.31. The van der Waals surface area contributed by atoms with E-state index in [1.54, 1.807) is 22.9 Å². The zero-order valence-electron chi connectivity index (χ0n) is 14.8. The van der Waals surface area contributed by atoms with Crippen LogP contribution in [0.3, 0.4) is 0 Å². The fourth-order valence-corrected chi connectivity index (χ4v) is 3.03. The van der Waals surface area contributed by atoms with Crippen molar-refractivity contribution >= 4 is 28.4 Å². The first-order valence-electron chi connectivity index (χ1n) is 8.30. The maximum absolute atomic E-state index is 13.0. The lowest BCUT2D eigenvalue weighted by Gasteiger charge is -2.14. The zero-order chi connectivity index (χ0) is 18.3. The minimum Gasteiger partial charge on any atom is -0.352 e. The average molecular weight is 340 g/mol. The summed E-state index contributed by atoms with van der Waals surface area (Å²) in [5.74, 6) is 0.00308. The Morgan fingerprint density at radius 3 is 2.80 bits per heavy atom. The molecule has 3 heterocycles. The number of nitrogen functional groups attached to an aromatic ring is 1. The molecule has 3 aromatic heterocycles. The van der Waals surface area contributed by atoms with Crippen molar-refractivity contribution < 1.29 is 9.36 Å². The molecule has 0 aromatic carbocycles. The predicted octanol–water partition coefficient (Wildman–Crippen LogP) is 1.36. The standard InChI is InChI=1S/C18H21N5O2/c1-5-20-17(24)12-9-13-16(23(10(2)3)14(12)19)21-15-11(4)7-6-8-22(15)18(13)25/h6-10,19H,5H2,1-4H3,(H,20,24)/p+1. The third-order valence-electron chi connectivity index (χ3n) is 4.21. The minimum atomic E-state index is -0.301. The molecule has 0 saturated carbocycles. The second kappa shape index (κ2) is 6.16. The highest BCUT2D eigenvalue weighted by Gasteiger charge is 2.25. The van der Waals surface area contributed by atoms with Crippen LogP contribution in [-0.4, -0.2) is 21.8 Å². The molecule has 0 atom stereocenters. The van der Waals surface area contributed by atoms with E-state index in [1.807, 2.05) is 33.8 Å². The summed E-state index contributed by atoms with van der Waals surface area (Å²) in [6.07, 6.45) is 1.68. The fourth-order valence-electron chi connectivity index (χ4n) is 3.03. The summed E-state index contributed by atoms with van der Waals surface area (Å²) in [5, 5.41) is 3.11. The lowest BCUT2D eigenvalue weighted by molar-refractivity contribution is -0.679. The maximum Gasteiger partial charge on any atom is 0.278 e.